The Hall–Kier alpha value is -2.57. The van der Waals surface area contributed by atoms with Crippen molar-refractivity contribution in [3.63, 3.8) is 0 Å². The summed E-state index contributed by atoms with van der Waals surface area (Å²) in [5.41, 5.74) is 1.99. The Kier molecular flexibility index (Phi) is 4.89. The summed E-state index contributed by atoms with van der Waals surface area (Å²) < 4.78 is 5.53. The third kappa shape index (κ3) is 3.57. The van der Waals surface area contributed by atoms with E-state index in [1.807, 2.05) is 18.2 Å². The largest absolute Gasteiger partial charge is 0.381 e. The molecule has 2 fully saturated rings. The van der Waals surface area contributed by atoms with Crippen LogP contribution >= 0.6 is 0 Å². The maximum absolute atomic E-state index is 5.53. The molecule has 0 radical (unpaired) electrons. The standard InChI is InChI=1S/C22H25N5O/c1-2-4-20-19(3-1)22(25-21(24-20)18-5-8-23-9-6-18)27-12-10-26(11-13-27)15-17-7-14-28-16-17/h1-6,8-9,17H,7,10-16H2. The van der Waals surface area contributed by atoms with Gasteiger partial charge in [0, 0.05) is 62.7 Å². The number of hydrogen-bond donors (Lipinski definition) is 0. The van der Waals surface area contributed by atoms with Crippen LogP contribution in [0.1, 0.15) is 6.42 Å². The Morgan fingerprint density at radius 3 is 2.57 bits per heavy atom. The van der Waals surface area contributed by atoms with Crippen LogP contribution in [0.3, 0.4) is 0 Å². The molecule has 4 heterocycles. The fourth-order valence-electron chi connectivity index (χ4n) is 4.17. The Labute approximate surface area is 165 Å². The fraction of sp³-hybridized carbons (Fsp3) is 0.409. The van der Waals surface area contributed by atoms with Gasteiger partial charge < -0.3 is 9.64 Å². The minimum absolute atomic E-state index is 0.699. The molecule has 1 atom stereocenters. The van der Waals surface area contributed by atoms with Crippen LogP contribution in [0.2, 0.25) is 0 Å². The first-order valence-electron chi connectivity index (χ1n) is 10.1. The summed E-state index contributed by atoms with van der Waals surface area (Å²) in [6.45, 7) is 7.12. The lowest BCUT2D eigenvalue weighted by atomic mass is 10.1. The first kappa shape index (κ1) is 17.5. The van der Waals surface area contributed by atoms with Gasteiger partial charge in [-0.05, 0) is 36.6 Å². The molecule has 0 saturated carbocycles. The minimum atomic E-state index is 0.699. The zero-order valence-electron chi connectivity index (χ0n) is 16.0. The zero-order chi connectivity index (χ0) is 18.8. The fourth-order valence-corrected chi connectivity index (χ4v) is 4.17. The van der Waals surface area contributed by atoms with E-state index in [4.69, 9.17) is 14.7 Å². The Bertz CT molecular complexity index is 934. The molecule has 2 aromatic heterocycles. The van der Waals surface area contributed by atoms with Crippen LogP contribution in [0, 0.1) is 5.92 Å². The van der Waals surface area contributed by atoms with Crippen molar-refractivity contribution < 1.29 is 4.74 Å². The normalized spacial score (nSPS) is 20.7. The van der Waals surface area contributed by atoms with E-state index >= 15 is 0 Å². The van der Waals surface area contributed by atoms with Crippen LogP contribution in [0.4, 0.5) is 5.82 Å². The van der Waals surface area contributed by atoms with E-state index < -0.39 is 0 Å². The van der Waals surface area contributed by atoms with E-state index in [0.717, 1.165) is 74.0 Å². The van der Waals surface area contributed by atoms with Crippen molar-refractivity contribution in [2.75, 3.05) is 50.8 Å². The molecule has 6 nitrogen and oxygen atoms in total. The number of para-hydroxylation sites is 1. The number of fused-ring (bicyclic) bond motifs is 1. The highest BCUT2D eigenvalue weighted by Crippen LogP contribution is 2.28. The molecule has 2 aliphatic rings. The van der Waals surface area contributed by atoms with Crippen molar-refractivity contribution in [1.29, 1.82) is 0 Å². The van der Waals surface area contributed by atoms with E-state index in [9.17, 15) is 0 Å². The van der Waals surface area contributed by atoms with Gasteiger partial charge in [-0.15, -0.1) is 0 Å². The average Bonchev–Trinajstić information content (AvgIpc) is 3.27. The number of aromatic nitrogens is 3. The summed E-state index contributed by atoms with van der Waals surface area (Å²) in [7, 11) is 0. The average molecular weight is 375 g/mol. The molecule has 2 saturated heterocycles. The Morgan fingerprint density at radius 2 is 1.79 bits per heavy atom. The van der Waals surface area contributed by atoms with E-state index in [0.29, 0.717) is 5.92 Å². The van der Waals surface area contributed by atoms with Gasteiger partial charge in [0.2, 0.25) is 0 Å². The van der Waals surface area contributed by atoms with Gasteiger partial charge in [0.05, 0.1) is 12.1 Å². The molecule has 5 rings (SSSR count). The minimum Gasteiger partial charge on any atom is -0.381 e. The second-order valence-electron chi connectivity index (χ2n) is 7.64. The predicted octanol–water partition coefficient (Wildman–Crippen LogP) is 2.85. The molecule has 1 unspecified atom stereocenters. The maximum atomic E-state index is 5.53. The van der Waals surface area contributed by atoms with Gasteiger partial charge in [-0.1, -0.05) is 12.1 Å². The van der Waals surface area contributed by atoms with Crippen molar-refractivity contribution in [1.82, 2.24) is 19.9 Å². The van der Waals surface area contributed by atoms with Gasteiger partial charge in [-0.25, -0.2) is 9.97 Å². The number of hydrogen-bond acceptors (Lipinski definition) is 6. The molecule has 0 spiro atoms. The first-order valence-corrected chi connectivity index (χ1v) is 10.1. The van der Waals surface area contributed by atoms with E-state index in [-0.39, 0.29) is 0 Å². The van der Waals surface area contributed by atoms with Crippen molar-refractivity contribution >= 4 is 16.7 Å². The highest BCUT2D eigenvalue weighted by molar-refractivity contribution is 5.91. The number of piperazine rings is 1. The van der Waals surface area contributed by atoms with Crippen LogP contribution in [0.15, 0.2) is 48.8 Å². The van der Waals surface area contributed by atoms with E-state index in [2.05, 4.69) is 33.0 Å². The molecule has 0 N–H and O–H groups in total. The van der Waals surface area contributed by atoms with Crippen LogP contribution < -0.4 is 4.90 Å². The first-order chi connectivity index (χ1) is 13.9. The van der Waals surface area contributed by atoms with E-state index in [1.54, 1.807) is 12.4 Å². The van der Waals surface area contributed by atoms with Crippen LogP contribution in [0.5, 0.6) is 0 Å². The second kappa shape index (κ2) is 7.81. The molecule has 2 aliphatic heterocycles. The Morgan fingerprint density at radius 1 is 0.964 bits per heavy atom. The topological polar surface area (TPSA) is 54.4 Å². The molecule has 144 valence electrons. The number of benzene rings is 1. The van der Waals surface area contributed by atoms with Crippen LogP contribution in [-0.2, 0) is 4.74 Å². The predicted molar refractivity (Wildman–Crippen MR) is 110 cm³/mol. The van der Waals surface area contributed by atoms with Crippen molar-refractivity contribution in [2.45, 2.75) is 6.42 Å². The molecule has 6 heteroatoms. The smallest absolute Gasteiger partial charge is 0.162 e. The zero-order valence-corrected chi connectivity index (χ0v) is 16.0. The lowest BCUT2D eigenvalue weighted by Crippen LogP contribution is -2.48. The molecule has 3 aromatic rings. The lowest BCUT2D eigenvalue weighted by Gasteiger charge is -2.36. The number of nitrogens with zero attached hydrogens (tertiary/aromatic N) is 5. The van der Waals surface area contributed by atoms with Gasteiger partial charge >= 0.3 is 0 Å². The number of ether oxygens (including phenoxy) is 1. The molecule has 0 bridgehead atoms. The van der Waals surface area contributed by atoms with Crippen LogP contribution in [-0.4, -0.2) is 65.8 Å². The highest BCUT2D eigenvalue weighted by Gasteiger charge is 2.24. The van der Waals surface area contributed by atoms with Gasteiger partial charge in [0.1, 0.15) is 5.82 Å². The highest BCUT2D eigenvalue weighted by atomic mass is 16.5. The number of rotatable bonds is 4. The molecule has 0 amide bonds. The molecule has 0 aliphatic carbocycles. The summed E-state index contributed by atoms with van der Waals surface area (Å²) in [4.78, 5) is 18.9. The molecular formula is C22H25N5O. The lowest BCUT2D eigenvalue weighted by molar-refractivity contribution is 0.164. The maximum Gasteiger partial charge on any atom is 0.162 e. The van der Waals surface area contributed by atoms with Gasteiger partial charge in [-0.3, -0.25) is 9.88 Å². The number of pyridine rings is 1. The second-order valence-corrected chi connectivity index (χ2v) is 7.64. The summed E-state index contributed by atoms with van der Waals surface area (Å²) >= 11 is 0. The van der Waals surface area contributed by atoms with E-state index in [1.165, 1.54) is 6.42 Å². The molecular weight excluding hydrogens is 350 g/mol. The van der Waals surface area contributed by atoms with Gasteiger partial charge in [0.15, 0.2) is 5.82 Å². The SMILES string of the molecule is c1ccc2c(N3CCN(CC4CCOC4)CC3)nc(-c3ccncc3)nc2c1. The summed E-state index contributed by atoms with van der Waals surface area (Å²) in [6.07, 6.45) is 4.78. The summed E-state index contributed by atoms with van der Waals surface area (Å²) in [6, 6.07) is 12.2. The van der Waals surface area contributed by atoms with Crippen molar-refractivity contribution in [3.8, 4) is 11.4 Å². The third-order valence-corrected chi connectivity index (χ3v) is 5.73. The number of anilines is 1. The van der Waals surface area contributed by atoms with Crippen molar-refractivity contribution in [2.24, 2.45) is 5.92 Å². The van der Waals surface area contributed by atoms with Gasteiger partial charge in [-0.2, -0.15) is 0 Å². The molecule has 1 aromatic carbocycles. The van der Waals surface area contributed by atoms with Gasteiger partial charge in [0.25, 0.3) is 0 Å². The summed E-state index contributed by atoms with van der Waals surface area (Å²) in [5, 5.41) is 1.12. The quantitative estimate of drug-likeness (QED) is 0.699. The Balaban J connectivity index is 1.40. The molecule has 28 heavy (non-hydrogen) atoms. The third-order valence-electron chi connectivity index (χ3n) is 5.73. The monoisotopic (exact) mass is 375 g/mol. The van der Waals surface area contributed by atoms with Crippen LogP contribution in [0.25, 0.3) is 22.3 Å². The summed E-state index contributed by atoms with van der Waals surface area (Å²) in [5.74, 6) is 2.51. The van der Waals surface area contributed by atoms with Crippen molar-refractivity contribution in [3.05, 3.63) is 48.8 Å².